The van der Waals surface area contributed by atoms with Gasteiger partial charge in [0.1, 0.15) is 0 Å². The number of carboxylic acids is 1. The summed E-state index contributed by atoms with van der Waals surface area (Å²) in [6, 6.07) is 0. The lowest BCUT2D eigenvalue weighted by molar-refractivity contribution is -0.191. The van der Waals surface area contributed by atoms with E-state index in [9.17, 15) is 24.3 Å². The average molecular weight is 400 g/mol. The van der Waals surface area contributed by atoms with E-state index in [1.807, 2.05) is 13.0 Å². The highest BCUT2D eigenvalue weighted by atomic mass is 16.6. The Balaban J connectivity index is 1.73. The highest BCUT2D eigenvalue weighted by Gasteiger charge is 2.69. The monoisotopic (exact) mass is 400 g/mol. The molecular weight excluding hydrogens is 372 g/mol. The molecule has 4 aliphatic rings. The van der Waals surface area contributed by atoms with Crippen LogP contribution < -0.4 is 0 Å². The van der Waals surface area contributed by atoms with Crippen molar-refractivity contribution in [3.8, 4) is 0 Å². The van der Waals surface area contributed by atoms with Crippen molar-refractivity contribution in [1.82, 2.24) is 0 Å². The molecule has 0 aromatic heterocycles. The molecule has 0 amide bonds. The Morgan fingerprint density at radius 3 is 2.45 bits per heavy atom. The number of hydrogen-bond acceptors (Lipinski definition) is 5. The van der Waals surface area contributed by atoms with Gasteiger partial charge in [-0.3, -0.25) is 14.4 Å². The van der Waals surface area contributed by atoms with Crippen molar-refractivity contribution in [1.29, 1.82) is 0 Å². The van der Waals surface area contributed by atoms with E-state index in [1.165, 1.54) is 12.5 Å². The Kier molecular flexibility index (Phi) is 4.41. The third-order valence-corrected chi connectivity index (χ3v) is 8.56. The Morgan fingerprint density at radius 2 is 1.79 bits per heavy atom. The van der Waals surface area contributed by atoms with Crippen molar-refractivity contribution in [3.05, 3.63) is 23.8 Å². The second-order valence-corrected chi connectivity index (χ2v) is 9.65. The third-order valence-electron chi connectivity index (χ3n) is 8.56. The molecule has 6 atom stereocenters. The third kappa shape index (κ3) is 2.60. The zero-order chi connectivity index (χ0) is 21.2. The van der Waals surface area contributed by atoms with Crippen LogP contribution in [0.25, 0.3) is 0 Å². The molecule has 0 aromatic carbocycles. The number of ether oxygens (including phenoxy) is 1. The normalized spacial score (nSPS) is 42.9. The molecule has 4 aliphatic carbocycles. The molecular formula is C23H28O6. The van der Waals surface area contributed by atoms with E-state index in [-0.39, 0.29) is 23.5 Å². The molecule has 4 rings (SSSR count). The van der Waals surface area contributed by atoms with Gasteiger partial charge in [0, 0.05) is 17.8 Å². The first kappa shape index (κ1) is 20.0. The maximum absolute atomic E-state index is 12.8. The number of carbonyl (C=O) groups excluding carboxylic acids is 3. The van der Waals surface area contributed by atoms with Crippen molar-refractivity contribution in [3.63, 3.8) is 0 Å². The van der Waals surface area contributed by atoms with Crippen LogP contribution in [0.15, 0.2) is 23.8 Å². The maximum atomic E-state index is 12.8. The van der Waals surface area contributed by atoms with E-state index in [1.54, 1.807) is 12.2 Å². The number of Topliss-reactive ketones (excluding diaryl/α,β-unsaturated/α-hetero) is 1. The predicted molar refractivity (Wildman–Crippen MR) is 104 cm³/mol. The molecule has 29 heavy (non-hydrogen) atoms. The summed E-state index contributed by atoms with van der Waals surface area (Å²) in [4.78, 5) is 48.2. The molecule has 0 saturated heterocycles. The second kappa shape index (κ2) is 6.38. The van der Waals surface area contributed by atoms with Crippen LogP contribution in [0, 0.1) is 28.6 Å². The molecule has 0 bridgehead atoms. The largest absolute Gasteiger partial charge is 0.475 e. The van der Waals surface area contributed by atoms with Crippen molar-refractivity contribution in [2.24, 2.45) is 28.6 Å². The van der Waals surface area contributed by atoms with Crippen LogP contribution in [0.5, 0.6) is 0 Å². The van der Waals surface area contributed by atoms with Crippen LogP contribution in [0.3, 0.4) is 0 Å². The summed E-state index contributed by atoms with van der Waals surface area (Å²) in [5, 5.41) is 9.49. The lowest BCUT2D eigenvalue weighted by atomic mass is 9.47. The van der Waals surface area contributed by atoms with E-state index in [0.717, 1.165) is 19.3 Å². The molecule has 0 heterocycles. The number of aliphatic carboxylic acids is 1. The molecule has 6 nitrogen and oxygen atoms in total. The van der Waals surface area contributed by atoms with Crippen LogP contribution in [-0.4, -0.2) is 34.2 Å². The topological polar surface area (TPSA) is 97.7 Å². The van der Waals surface area contributed by atoms with Gasteiger partial charge in [-0.2, -0.15) is 0 Å². The Morgan fingerprint density at radius 1 is 1.10 bits per heavy atom. The zero-order valence-electron chi connectivity index (χ0n) is 17.2. The van der Waals surface area contributed by atoms with Gasteiger partial charge < -0.3 is 9.84 Å². The molecule has 3 saturated carbocycles. The predicted octanol–water partition coefficient (Wildman–Crippen LogP) is 3.25. The summed E-state index contributed by atoms with van der Waals surface area (Å²) in [6.45, 7) is 5.37. The van der Waals surface area contributed by atoms with Gasteiger partial charge in [0.15, 0.2) is 11.4 Å². The van der Waals surface area contributed by atoms with Gasteiger partial charge in [-0.1, -0.05) is 25.5 Å². The lowest BCUT2D eigenvalue weighted by Gasteiger charge is -2.58. The summed E-state index contributed by atoms with van der Waals surface area (Å²) >= 11 is 0. The number of ketones is 2. The highest BCUT2D eigenvalue weighted by molar-refractivity contribution is 6.36. The van der Waals surface area contributed by atoms with Gasteiger partial charge in [-0.05, 0) is 68.4 Å². The summed E-state index contributed by atoms with van der Waals surface area (Å²) in [7, 11) is 0. The zero-order valence-corrected chi connectivity index (χ0v) is 17.2. The fourth-order valence-corrected chi connectivity index (χ4v) is 7.20. The average Bonchev–Trinajstić information content (AvgIpc) is 2.94. The fourth-order valence-electron chi connectivity index (χ4n) is 7.20. The van der Waals surface area contributed by atoms with E-state index in [4.69, 9.17) is 4.74 Å². The van der Waals surface area contributed by atoms with Crippen LogP contribution in [0.4, 0.5) is 0 Å². The number of allylic oxidation sites excluding steroid dienone is 4. The number of carbonyl (C=O) groups is 4. The number of esters is 1. The SMILES string of the molecule is CC(=O)O[C@]1(C(=O)C(=O)O)CC[C@H]2[C@@H]3CCC4=CC(=O)C=C[C@]4(C)[C@H]3CC[C@@]21C. The Hall–Kier alpha value is -2.24. The van der Waals surface area contributed by atoms with Gasteiger partial charge in [-0.15, -0.1) is 0 Å². The van der Waals surface area contributed by atoms with Crippen molar-refractivity contribution >= 4 is 23.5 Å². The fraction of sp³-hybridized carbons (Fsp3) is 0.652. The van der Waals surface area contributed by atoms with Gasteiger partial charge in [0.25, 0.3) is 5.78 Å². The lowest BCUT2D eigenvalue weighted by Crippen LogP contribution is -2.60. The van der Waals surface area contributed by atoms with Crippen molar-refractivity contribution in [2.75, 3.05) is 0 Å². The van der Waals surface area contributed by atoms with Gasteiger partial charge >= 0.3 is 11.9 Å². The summed E-state index contributed by atoms with van der Waals surface area (Å²) < 4.78 is 5.58. The first-order valence-corrected chi connectivity index (χ1v) is 10.5. The summed E-state index contributed by atoms with van der Waals surface area (Å²) in [6.07, 6.45) is 9.56. The molecule has 0 aromatic rings. The van der Waals surface area contributed by atoms with Crippen LogP contribution >= 0.6 is 0 Å². The highest BCUT2D eigenvalue weighted by Crippen LogP contribution is 2.67. The molecule has 0 unspecified atom stereocenters. The number of hydrogen-bond donors (Lipinski definition) is 1. The standard InChI is InChI=1S/C23H28O6/c1-13(24)29-23(19(26)20(27)28)11-8-18-16-5-4-14-12-15(25)6-9-21(14,2)17(16)7-10-22(18,23)3/h6,9,12,16-18H,4-5,7-8,10-11H2,1-3H3,(H,27,28)/t16-,17+,18+,21+,22+,23+/m1/s1. The first-order valence-electron chi connectivity index (χ1n) is 10.5. The minimum Gasteiger partial charge on any atom is -0.475 e. The molecule has 0 spiro atoms. The van der Waals surface area contributed by atoms with Crippen LogP contribution in [0.2, 0.25) is 0 Å². The molecule has 6 heteroatoms. The number of carboxylic acid groups (broad SMARTS) is 1. The smallest absolute Gasteiger partial charge is 0.376 e. The number of fused-ring (bicyclic) bond motifs is 5. The minimum atomic E-state index is -1.59. The molecule has 0 radical (unpaired) electrons. The van der Waals surface area contributed by atoms with Gasteiger partial charge in [-0.25, -0.2) is 4.79 Å². The van der Waals surface area contributed by atoms with Gasteiger partial charge in [0.2, 0.25) is 0 Å². The molecule has 0 aliphatic heterocycles. The van der Waals surface area contributed by atoms with Gasteiger partial charge in [0.05, 0.1) is 0 Å². The molecule has 3 fully saturated rings. The molecule has 156 valence electrons. The van der Waals surface area contributed by atoms with Crippen LogP contribution in [0.1, 0.15) is 59.3 Å². The quantitative estimate of drug-likeness (QED) is 0.577. The van der Waals surface area contributed by atoms with E-state index >= 15 is 0 Å². The van der Waals surface area contributed by atoms with Crippen molar-refractivity contribution < 1.29 is 29.0 Å². The summed E-state index contributed by atoms with van der Waals surface area (Å²) in [5.74, 6) is -2.37. The molecule has 1 N–H and O–H groups in total. The minimum absolute atomic E-state index is 0.0402. The van der Waals surface area contributed by atoms with E-state index < -0.39 is 28.7 Å². The second-order valence-electron chi connectivity index (χ2n) is 9.65. The Labute approximate surface area is 170 Å². The van der Waals surface area contributed by atoms with Crippen LogP contribution in [-0.2, 0) is 23.9 Å². The summed E-state index contributed by atoms with van der Waals surface area (Å²) in [5.41, 5.74) is -1.28. The van der Waals surface area contributed by atoms with Crippen molar-refractivity contribution in [2.45, 2.75) is 64.9 Å². The first-order chi connectivity index (χ1) is 13.5. The van der Waals surface area contributed by atoms with E-state index in [2.05, 4.69) is 6.92 Å². The number of rotatable bonds is 3. The maximum Gasteiger partial charge on any atom is 0.376 e. The Bertz CT molecular complexity index is 869. The van der Waals surface area contributed by atoms with E-state index in [0.29, 0.717) is 24.7 Å².